The Hall–Kier alpha value is -0.540. The van der Waals surface area contributed by atoms with Crippen molar-refractivity contribution in [3.63, 3.8) is 0 Å². The summed E-state index contributed by atoms with van der Waals surface area (Å²) in [6, 6.07) is -1.83. The van der Waals surface area contributed by atoms with Gasteiger partial charge in [0.25, 0.3) is 5.92 Å². The van der Waals surface area contributed by atoms with E-state index in [1.54, 1.807) is 13.8 Å². The zero-order valence-electron chi connectivity index (χ0n) is 8.24. The second-order valence-electron chi connectivity index (χ2n) is 5.04. The molecule has 2 saturated carbocycles. The lowest BCUT2D eigenvalue weighted by molar-refractivity contribution is -0.177. The van der Waals surface area contributed by atoms with Crippen molar-refractivity contribution in [1.29, 1.82) is 0 Å². The smallest absolute Gasteiger partial charge is 0.260 e. The van der Waals surface area contributed by atoms with Crippen LogP contribution in [0.3, 0.4) is 0 Å². The van der Waals surface area contributed by atoms with Crippen LogP contribution in [0.25, 0.3) is 0 Å². The molecule has 2 atom stereocenters. The second-order valence-corrected chi connectivity index (χ2v) is 5.04. The third-order valence-electron chi connectivity index (χ3n) is 4.45. The van der Waals surface area contributed by atoms with Gasteiger partial charge in [0, 0.05) is 6.42 Å². The molecule has 0 aromatic rings. The molecule has 0 aliphatic heterocycles. The molecule has 14 heavy (non-hydrogen) atoms. The van der Waals surface area contributed by atoms with Gasteiger partial charge in [0.15, 0.2) is 0 Å². The van der Waals surface area contributed by atoms with Gasteiger partial charge in [0.2, 0.25) is 0 Å². The topological polar surface area (TPSA) is 17.1 Å². The van der Waals surface area contributed by atoms with Crippen molar-refractivity contribution < 1.29 is 18.0 Å². The van der Waals surface area contributed by atoms with E-state index in [-0.39, 0.29) is 18.8 Å². The standard InChI is InChI=1S/C10H13F3O/c1-8(2)6-3-4-9(8,7(11)14)10(12,13)5-6/h6H,3-5H2,1-2H3/t6-,9?/m1/s1. The van der Waals surface area contributed by atoms with Crippen LogP contribution in [0.2, 0.25) is 0 Å². The number of halogens is 3. The van der Waals surface area contributed by atoms with Crippen LogP contribution in [0.1, 0.15) is 33.1 Å². The minimum absolute atomic E-state index is 0.00694. The lowest BCUT2D eigenvalue weighted by Gasteiger charge is -2.37. The first-order valence-electron chi connectivity index (χ1n) is 4.83. The number of hydrogen-bond acceptors (Lipinski definition) is 1. The molecule has 0 aromatic heterocycles. The zero-order chi connectivity index (χ0) is 10.8. The quantitative estimate of drug-likeness (QED) is 0.603. The van der Waals surface area contributed by atoms with Gasteiger partial charge in [0.05, 0.1) is 0 Å². The van der Waals surface area contributed by atoms with Crippen molar-refractivity contribution in [2.45, 2.75) is 39.0 Å². The van der Waals surface area contributed by atoms with Gasteiger partial charge in [0.1, 0.15) is 5.41 Å². The Bertz CT molecular complexity index is 298. The van der Waals surface area contributed by atoms with E-state index in [2.05, 4.69) is 0 Å². The summed E-state index contributed by atoms with van der Waals surface area (Å²) in [5.41, 5.74) is -2.94. The average Bonchev–Trinajstić information content (AvgIpc) is 2.31. The predicted octanol–water partition coefficient (Wildman–Crippen LogP) is 2.94. The normalized spacial score (nSPS) is 42.8. The van der Waals surface area contributed by atoms with Crippen LogP contribution in [0.15, 0.2) is 0 Å². The largest absolute Gasteiger partial charge is 0.314 e. The lowest BCUT2D eigenvalue weighted by atomic mass is 9.68. The summed E-state index contributed by atoms with van der Waals surface area (Å²) < 4.78 is 40.1. The first-order valence-corrected chi connectivity index (χ1v) is 4.83. The molecule has 80 valence electrons. The third-order valence-corrected chi connectivity index (χ3v) is 4.45. The highest BCUT2D eigenvalue weighted by molar-refractivity contribution is 5.79. The first-order chi connectivity index (χ1) is 6.26. The maximum Gasteiger partial charge on any atom is 0.314 e. The fraction of sp³-hybridized carbons (Fsp3) is 0.900. The van der Waals surface area contributed by atoms with Crippen molar-refractivity contribution in [2.24, 2.45) is 16.7 Å². The molecule has 1 nitrogen and oxygen atoms in total. The number of rotatable bonds is 1. The van der Waals surface area contributed by atoms with Crippen LogP contribution < -0.4 is 0 Å². The zero-order valence-corrected chi connectivity index (χ0v) is 8.24. The van der Waals surface area contributed by atoms with Gasteiger partial charge in [-0.15, -0.1) is 0 Å². The molecule has 0 spiro atoms. The van der Waals surface area contributed by atoms with Crippen molar-refractivity contribution in [2.75, 3.05) is 0 Å². The van der Waals surface area contributed by atoms with Gasteiger partial charge < -0.3 is 0 Å². The highest BCUT2D eigenvalue weighted by Crippen LogP contribution is 2.72. The molecule has 0 heterocycles. The second kappa shape index (κ2) is 2.34. The van der Waals surface area contributed by atoms with Crippen LogP contribution in [-0.4, -0.2) is 12.0 Å². The van der Waals surface area contributed by atoms with Crippen molar-refractivity contribution in [1.82, 2.24) is 0 Å². The molecule has 0 saturated heterocycles. The van der Waals surface area contributed by atoms with E-state index in [0.717, 1.165) is 0 Å². The summed E-state index contributed by atoms with van der Waals surface area (Å²) in [6.07, 6.45) is 0.195. The summed E-state index contributed by atoms with van der Waals surface area (Å²) in [4.78, 5) is 10.9. The summed E-state index contributed by atoms with van der Waals surface area (Å²) in [6.45, 7) is 3.17. The highest BCUT2D eigenvalue weighted by atomic mass is 19.3. The van der Waals surface area contributed by atoms with Crippen LogP contribution in [0.5, 0.6) is 0 Å². The van der Waals surface area contributed by atoms with Crippen molar-refractivity contribution >= 4 is 6.04 Å². The maximum absolute atomic E-state index is 13.6. The number of alkyl halides is 2. The minimum atomic E-state index is -3.16. The summed E-state index contributed by atoms with van der Waals surface area (Å²) in [7, 11) is 0. The molecule has 2 aliphatic carbocycles. The Labute approximate surface area is 80.7 Å². The lowest BCUT2D eigenvalue weighted by Crippen LogP contribution is -2.48. The van der Waals surface area contributed by atoms with E-state index >= 15 is 0 Å². The molecule has 0 radical (unpaired) electrons. The van der Waals surface area contributed by atoms with Gasteiger partial charge in [-0.3, -0.25) is 4.79 Å². The predicted molar refractivity (Wildman–Crippen MR) is 44.6 cm³/mol. The van der Waals surface area contributed by atoms with E-state index in [1.165, 1.54) is 0 Å². The molecule has 0 N–H and O–H groups in total. The monoisotopic (exact) mass is 206 g/mol. The number of hydrogen-bond donors (Lipinski definition) is 0. The molecular weight excluding hydrogens is 193 g/mol. The maximum atomic E-state index is 13.6. The molecule has 2 aliphatic rings. The highest BCUT2D eigenvalue weighted by Gasteiger charge is 2.77. The summed E-state index contributed by atoms with van der Waals surface area (Å²) in [5.74, 6) is -3.39. The Morgan fingerprint density at radius 1 is 1.36 bits per heavy atom. The van der Waals surface area contributed by atoms with Gasteiger partial charge >= 0.3 is 6.04 Å². The van der Waals surface area contributed by atoms with Crippen molar-refractivity contribution in [3.8, 4) is 0 Å². The average molecular weight is 206 g/mol. The van der Waals surface area contributed by atoms with E-state index < -0.39 is 22.8 Å². The number of carbonyl (C=O) groups excluding carboxylic acids is 1. The summed E-state index contributed by atoms with van der Waals surface area (Å²) >= 11 is 0. The fourth-order valence-electron chi connectivity index (χ4n) is 3.41. The Balaban J connectivity index is 2.58. The Morgan fingerprint density at radius 3 is 2.14 bits per heavy atom. The van der Waals surface area contributed by atoms with Gasteiger partial charge in [-0.05, 0) is 24.2 Å². The minimum Gasteiger partial charge on any atom is -0.260 e. The molecule has 1 unspecified atom stereocenters. The van der Waals surface area contributed by atoms with Crippen LogP contribution >= 0.6 is 0 Å². The van der Waals surface area contributed by atoms with E-state index in [1.807, 2.05) is 0 Å². The van der Waals surface area contributed by atoms with Crippen LogP contribution in [0, 0.1) is 16.7 Å². The molecule has 4 heteroatoms. The molecule has 2 fully saturated rings. The summed E-state index contributed by atoms with van der Waals surface area (Å²) in [5, 5.41) is 0. The Morgan fingerprint density at radius 2 is 1.93 bits per heavy atom. The molecule has 0 amide bonds. The van der Waals surface area contributed by atoms with Crippen LogP contribution in [0.4, 0.5) is 13.2 Å². The molecular formula is C10H13F3O. The first kappa shape index (κ1) is 9.99. The van der Waals surface area contributed by atoms with Crippen molar-refractivity contribution in [3.05, 3.63) is 0 Å². The SMILES string of the molecule is CC1(C)[C@@H]2CCC1(C(=O)F)C(F)(F)C2. The van der Waals surface area contributed by atoms with E-state index in [9.17, 15) is 18.0 Å². The van der Waals surface area contributed by atoms with Gasteiger partial charge in [-0.25, -0.2) is 8.78 Å². The molecule has 2 rings (SSSR count). The van der Waals surface area contributed by atoms with E-state index in [0.29, 0.717) is 6.42 Å². The van der Waals surface area contributed by atoms with E-state index in [4.69, 9.17) is 0 Å². The Kier molecular flexibility index (Phi) is 1.67. The van der Waals surface area contributed by atoms with Gasteiger partial charge in [-0.2, -0.15) is 4.39 Å². The molecule has 0 aromatic carbocycles. The fourth-order valence-corrected chi connectivity index (χ4v) is 3.41. The number of fused-ring (bicyclic) bond motifs is 2. The third kappa shape index (κ3) is 0.766. The number of carbonyl (C=O) groups is 1. The van der Waals surface area contributed by atoms with Gasteiger partial charge in [-0.1, -0.05) is 13.8 Å². The van der Waals surface area contributed by atoms with Crippen LogP contribution in [-0.2, 0) is 4.79 Å². The molecule has 2 bridgehead atoms.